The molecule has 2 N–H and O–H groups in total. The summed E-state index contributed by atoms with van der Waals surface area (Å²) in [7, 11) is 0. The number of nitrogens with zero attached hydrogens (tertiary/aromatic N) is 1. The number of rotatable bonds is 3. The number of aromatic nitrogens is 1. The van der Waals surface area contributed by atoms with Gasteiger partial charge in [-0.2, -0.15) is 0 Å². The molecule has 1 aliphatic carbocycles. The maximum Gasteiger partial charge on any atom is 0.319 e. The van der Waals surface area contributed by atoms with E-state index < -0.39 is 18.0 Å². The minimum Gasteiger partial charge on any atom is -0.335 e. The summed E-state index contributed by atoms with van der Waals surface area (Å²) in [4.78, 5) is 23.8. The molecule has 2 amide bonds. The second kappa shape index (κ2) is 6.24. The summed E-state index contributed by atoms with van der Waals surface area (Å²) in [5, 5.41) is 4.94. The van der Waals surface area contributed by atoms with Gasteiger partial charge in [-0.15, -0.1) is 0 Å². The molecule has 1 saturated carbocycles. The highest BCUT2D eigenvalue weighted by Gasteiger charge is 2.36. The summed E-state index contributed by atoms with van der Waals surface area (Å²) in [5.41, 5.74) is -0.177. The third-order valence-corrected chi connectivity index (χ3v) is 3.58. The lowest BCUT2D eigenvalue weighted by Gasteiger charge is -2.29. The second-order valence-electron chi connectivity index (χ2n) is 5.26. The van der Waals surface area contributed by atoms with Gasteiger partial charge in [-0.05, 0) is 31.9 Å². The van der Waals surface area contributed by atoms with Crippen LogP contribution in [0.1, 0.15) is 32.6 Å². The quantitative estimate of drug-likeness (QED) is 0.901. The van der Waals surface area contributed by atoms with Gasteiger partial charge in [0.1, 0.15) is 5.69 Å². The van der Waals surface area contributed by atoms with Crippen LogP contribution in [0.25, 0.3) is 0 Å². The molecule has 0 aromatic carbocycles. The second-order valence-corrected chi connectivity index (χ2v) is 5.26. The number of halogens is 2. The zero-order valence-corrected chi connectivity index (χ0v) is 11.9. The van der Waals surface area contributed by atoms with Crippen LogP contribution in [0.2, 0.25) is 0 Å². The van der Waals surface area contributed by atoms with E-state index in [4.69, 9.17) is 0 Å². The van der Waals surface area contributed by atoms with Crippen molar-refractivity contribution in [2.24, 2.45) is 0 Å². The molecule has 7 heteroatoms. The molecule has 2 rings (SSSR count). The van der Waals surface area contributed by atoms with Crippen molar-refractivity contribution < 1.29 is 13.6 Å². The number of amides is 2. The van der Waals surface area contributed by atoms with Crippen molar-refractivity contribution in [3.8, 4) is 0 Å². The summed E-state index contributed by atoms with van der Waals surface area (Å²) in [6.07, 6.45) is 2.04. The molecule has 0 radical (unpaired) electrons. The standard InChI is InChI=1S/C14H19F2N3O2/c1-2-19-8-4-6-11(12(19)20)18-13(21)17-10-5-3-7-14(15,16)9-10/h4,6,8,10H,2-3,5,7,9H2,1H3,(H2,17,18,21). The number of alkyl halides is 2. The first kappa shape index (κ1) is 15.5. The molecule has 1 fully saturated rings. The summed E-state index contributed by atoms with van der Waals surface area (Å²) in [6, 6.07) is 1.95. The predicted molar refractivity (Wildman–Crippen MR) is 75.7 cm³/mol. The van der Waals surface area contributed by atoms with E-state index in [1.54, 1.807) is 12.3 Å². The van der Waals surface area contributed by atoms with Gasteiger partial charge in [0.15, 0.2) is 0 Å². The molecule has 116 valence electrons. The zero-order chi connectivity index (χ0) is 15.5. The van der Waals surface area contributed by atoms with Crippen LogP contribution in [-0.2, 0) is 6.54 Å². The maximum atomic E-state index is 13.3. The Labute approximate surface area is 121 Å². The van der Waals surface area contributed by atoms with E-state index in [0.717, 1.165) is 0 Å². The Kier molecular flexibility index (Phi) is 4.59. The van der Waals surface area contributed by atoms with Gasteiger partial charge < -0.3 is 15.2 Å². The van der Waals surface area contributed by atoms with Gasteiger partial charge in [0.2, 0.25) is 5.92 Å². The van der Waals surface area contributed by atoms with E-state index in [1.807, 2.05) is 6.92 Å². The molecule has 1 aromatic rings. The number of nitrogens with one attached hydrogen (secondary N) is 2. The maximum absolute atomic E-state index is 13.3. The van der Waals surface area contributed by atoms with Crippen molar-refractivity contribution in [1.82, 2.24) is 9.88 Å². The molecule has 0 saturated heterocycles. The largest absolute Gasteiger partial charge is 0.335 e. The highest BCUT2D eigenvalue weighted by atomic mass is 19.3. The van der Waals surface area contributed by atoms with E-state index in [-0.39, 0.29) is 24.1 Å². The van der Waals surface area contributed by atoms with E-state index in [1.165, 1.54) is 10.6 Å². The number of anilines is 1. The van der Waals surface area contributed by atoms with Crippen LogP contribution in [0.3, 0.4) is 0 Å². The summed E-state index contributed by atoms with van der Waals surface area (Å²) >= 11 is 0. The van der Waals surface area contributed by atoms with E-state index in [0.29, 0.717) is 19.4 Å². The molecule has 1 aromatic heterocycles. The van der Waals surface area contributed by atoms with Crippen molar-refractivity contribution in [2.45, 2.75) is 51.1 Å². The fraction of sp³-hybridized carbons (Fsp3) is 0.571. The first-order chi connectivity index (χ1) is 9.91. The van der Waals surface area contributed by atoms with Gasteiger partial charge in [0.25, 0.3) is 5.56 Å². The number of hydrogen-bond acceptors (Lipinski definition) is 2. The monoisotopic (exact) mass is 299 g/mol. The fourth-order valence-corrected chi connectivity index (χ4v) is 2.52. The molecular formula is C14H19F2N3O2. The van der Waals surface area contributed by atoms with E-state index in [9.17, 15) is 18.4 Å². The van der Waals surface area contributed by atoms with Crippen molar-refractivity contribution in [1.29, 1.82) is 0 Å². The van der Waals surface area contributed by atoms with Crippen LogP contribution >= 0.6 is 0 Å². The molecule has 21 heavy (non-hydrogen) atoms. The molecule has 0 spiro atoms. The Morgan fingerprint density at radius 1 is 1.52 bits per heavy atom. The van der Waals surface area contributed by atoms with Gasteiger partial charge in [0.05, 0.1) is 0 Å². The summed E-state index contributed by atoms with van der Waals surface area (Å²) < 4.78 is 28.0. The van der Waals surface area contributed by atoms with Crippen molar-refractivity contribution in [3.05, 3.63) is 28.7 Å². The summed E-state index contributed by atoms with van der Waals surface area (Å²) in [5.74, 6) is -2.72. The Morgan fingerprint density at radius 2 is 2.29 bits per heavy atom. The van der Waals surface area contributed by atoms with Gasteiger partial charge in [-0.25, -0.2) is 13.6 Å². The third kappa shape index (κ3) is 4.03. The molecule has 1 aliphatic rings. The highest BCUT2D eigenvalue weighted by molar-refractivity contribution is 5.89. The zero-order valence-electron chi connectivity index (χ0n) is 11.9. The Balaban J connectivity index is 1.98. The Hall–Kier alpha value is -1.92. The van der Waals surface area contributed by atoms with Gasteiger partial charge in [0, 0.05) is 31.6 Å². The first-order valence-corrected chi connectivity index (χ1v) is 7.06. The van der Waals surface area contributed by atoms with Crippen LogP contribution in [0.4, 0.5) is 19.3 Å². The molecule has 0 aliphatic heterocycles. The number of carbonyl (C=O) groups is 1. The molecule has 1 unspecified atom stereocenters. The van der Waals surface area contributed by atoms with Crippen molar-refractivity contribution in [2.75, 3.05) is 5.32 Å². The van der Waals surface area contributed by atoms with Crippen molar-refractivity contribution >= 4 is 11.7 Å². The predicted octanol–water partition coefficient (Wildman–Crippen LogP) is 2.57. The highest BCUT2D eigenvalue weighted by Crippen LogP contribution is 2.33. The number of aryl methyl sites for hydroxylation is 1. The Morgan fingerprint density at radius 3 is 2.95 bits per heavy atom. The Bertz CT molecular complexity index is 572. The average molecular weight is 299 g/mol. The number of carbonyl (C=O) groups excluding carboxylic acids is 1. The van der Waals surface area contributed by atoms with Crippen LogP contribution in [0.5, 0.6) is 0 Å². The number of hydrogen-bond donors (Lipinski definition) is 2. The van der Waals surface area contributed by atoms with Gasteiger partial charge in [-0.3, -0.25) is 4.79 Å². The third-order valence-electron chi connectivity index (χ3n) is 3.58. The minimum absolute atomic E-state index is 0.132. The molecule has 0 bridgehead atoms. The number of pyridine rings is 1. The minimum atomic E-state index is -2.72. The lowest BCUT2D eigenvalue weighted by atomic mass is 9.92. The van der Waals surface area contributed by atoms with Gasteiger partial charge in [-0.1, -0.05) is 0 Å². The van der Waals surface area contributed by atoms with Crippen LogP contribution in [-0.4, -0.2) is 22.6 Å². The van der Waals surface area contributed by atoms with E-state index in [2.05, 4.69) is 10.6 Å². The molecule has 1 atom stereocenters. The van der Waals surface area contributed by atoms with Crippen LogP contribution in [0, 0.1) is 0 Å². The van der Waals surface area contributed by atoms with Crippen LogP contribution in [0.15, 0.2) is 23.1 Å². The molecule has 1 heterocycles. The average Bonchev–Trinajstić information content (AvgIpc) is 2.40. The topological polar surface area (TPSA) is 63.1 Å². The summed E-state index contributed by atoms with van der Waals surface area (Å²) in [6.45, 7) is 2.31. The molecular weight excluding hydrogens is 280 g/mol. The van der Waals surface area contributed by atoms with E-state index >= 15 is 0 Å². The lowest BCUT2D eigenvalue weighted by Crippen LogP contribution is -2.44. The van der Waals surface area contributed by atoms with Gasteiger partial charge >= 0.3 is 6.03 Å². The first-order valence-electron chi connectivity index (χ1n) is 7.06. The lowest BCUT2D eigenvalue weighted by molar-refractivity contribution is -0.0423. The normalized spacial score (nSPS) is 20.8. The van der Waals surface area contributed by atoms with Crippen molar-refractivity contribution in [3.63, 3.8) is 0 Å². The smallest absolute Gasteiger partial charge is 0.319 e. The van der Waals surface area contributed by atoms with Crippen LogP contribution < -0.4 is 16.2 Å². The number of urea groups is 1. The molecule has 5 nitrogen and oxygen atoms in total. The SMILES string of the molecule is CCn1cccc(NC(=O)NC2CCCC(F)(F)C2)c1=O. The fourth-order valence-electron chi connectivity index (χ4n) is 2.52.